The molecule has 1 aromatic carbocycles. The minimum absolute atomic E-state index is 0. The molecule has 0 N–H and O–H groups in total. The number of benzene rings is 1. The monoisotopic (exact) mass is 531 g/mol. The first kappa shape index (κ1) is 26.8. The van der Waals surface area contributed by atoms with E-state index in [0.717, 1.165) is 6.42 Å². The third-order valence-electron chi connectivity index (χ3n) is 3.33. The summed E-state index contributed by atoms with van der Waals surface area (Å²) in [4.78, 5) is 0. The predicted octanol–water partition coefficient (Wildman–Crippen LogP) is 5.64. The molecule has 0 radical (unpaired) electrons. The maximum atomic E-state index is 3.52. The molecule has 1 aliphatic carbocycles. The third-order valence-corrected chi connectivity index (χ3v) is 4.60. The van der Waals surface area contributed by atoms with Crippen LogP contribution in [0.3, 0.4) is 0 Å². The second kappa shape index (κ2) is 12.3. The van der Waals surface area contributed by atoms with Crippen molar-refractivity contribution in [2.45, 2.75) is 18.8 Å². The first-order valence-electron chi connectivity index (χ1n) is 6.11. The summed E-state index contributed by atoms with van der Waals surface area (Å²) in [6.45, 7) is 7.08. The van der Waals surface area contributed by atoms with Crippen LogP contribution in [0, 0.1) is 6.08 Å². The largest absolute Gasteiger partial charge is 0.269 e. The number of rotatable bonds is 4. The van der Waals surface area contributed by atoms with Crippen LogP contribution in [0.2, 0.25) is 0 Å². The van der Waals surface area contributed by atoms with Crippen LogP contribution in [0.4, 0.5) is 0 Å². The zero-order valence-corrected chi connectivity index (χ0v) is 19.6. The van der Waals surface area contributed by atoms with Crippen molar-refractivity contribution in [3.8, 4) is 0 Å². The summed E-state index contributed by atoms with van der Waals surface area (Å²) in [7, 11) is 0.0771. The van der Waals surface area contributed by atoms with E-state index in [4.69, 9.17) is 0 Å². The molecule has 0 aliphatic heterocycles. The molecule has 0 bridgehead atoms. The van der Waals surface area contributed by atoms with Crippen molar-refractivity contribution in [2.24, 2.45) is 0 Å². The standard InChI is InChI=1S/C16H20P.3ClH.Hf/c1-16(13-17(2)3,15-11-7-8-12-15)14-9-5-4-6-10-14;;;;/h4-7,9-11H,8,13H2,1-3H3;3*1H;/q-1;;;;. The summed E-state index contributed by atoms with van der Waals surface area (Å²) in [6, 6.07) is 10.9. The van der Waals surface area contributed by atoms with E-state index in [1.807, 2.05) is 0 Å². The Hall–Kier alpha value is 0.870. The van der Waals surface area contributed by atoms with Gasteiger partial charge >= 0.3 is 0 Å². The Balaban J connectivity index is -0.000000810. The fraction of sp³-hybridized carbons (Fsp3) is 0.375. The molecule has 21 heavy (non-hydrogen) atoms. The Bertz CT molecular complexity index is 446. The number of halogens is 3. The molecule has 0 saturated carbocycles. The zero-order valence-electron chi connectivity index (χ0n) is 12.6. The van der Waals surface area contributed by atoms with Crippen LogP contribution in [-0.4, -0.2) is 19.5 Å². The Morgan fingerprint density at radius 1 is 1.10 bits per heavy atom. The van der Waals surface area contributed by atoms with Gasteiger partial charge in [0.1, 0.15) is 0 Å². The van der Waals surface area contributed by atoms with Gasteiger partial charge in [-0.25, -0.2) is 11.6 Å². The van der Waals surface area contributed by atoms with Gasteiger partial charge in [0.15, 0.2) is 0 Å². The van der Waals surface area contributed by atoms with Crippen molar-refractivity contribution in [3.05, 3.63) is 59.7 Å². The Morgan fingerprint density at radius 2 is 1.67 bits per heavy atom. The predicted molar refractivity (Wildman–Crippen MR) is 99.7 cm³/mol. The van der Waals surface area contributed by atoms with Gasteiger partial charge in [-0.2, -0.15) is 6.08 Å². The van der Waals surface area contributed by atoms with Gasteiger partial charge in [0.25, 0.3) is 0 Å². The first-order valence-corrected chi connectivity index (χ1v) is 8.53. The molecule has 0 amide bonds. The van der Waals surface area contributed by atoms with Crippen LogP contribution >= 0.6 is 45.1 Å². The fourth-order valence-electron chi connectivity index (χ4n) is 2.55. The number of allylic oxidation sites excluding steroid dienone is 4. The van der Waals surface area contributed by atoms with Gasteiger partial charge in [-0.1, -0.05) is 37.3 Å². The summed E-state index contributed by atoms with van der Waals surface area (Å²) >= 11 is 0. The molecule has 0 nitrogen and oxygen atoms in total. The van der Waals surface area contributed by atoms with Gasteiger partial charge in [0, 0.05) is 25.8 Å². The summed E-state index contributed by atoms with van der Waals surface area (Å²) < 4.78 is 0. The molecule has 0 saturated heterocycles. The molecule has 0 fully saturated rings. The smallest absolute Gasteiger partial charge is 0 e. The van der Waals surface area contributed by atoms with Crippen LogP contribution < -0.4 is 0 Å². The van der Waals surface area contributed by atoms with Gasteiger partial charge in [0.05, 0.1) is 0 Å². The minimum Gasteiger partial charge on any atom is -0.269 e. The number of hydrogen-bond donors (Lipinski definition) is 0. The van der Waals surface area contributed by atoms with Crippen molar-refractivity contribution in [1.82, 2.24) is 0 Å². The Labute approximate surface area is 168 Å². The SMILES string of the molecule is CP(C)CC(C)(C1=[C-]CC=C1)c1ccccc1.Cl.Cl.Cl.[Hf]. The minimum atomic E-state index is 0. The zero-order chi connectivity index (χ0) is 12.3. The summed E-state index contributed by atoms with van der Waals surface area (Å²) in [5, 5.41) is 0. The van der Waals surface area contributed by atoms with E-state index in [0.29, 0.717) is 0 Å². The van der Waals surface area contributed by atoms with Crippen LogP contribution in [0.25, 0.3) is 0 Å². The molecular weight excluding hydrogens is 508 g/mol. The van der Waals surface area contributed by atoms with E-state index in [9.17, 15) is 0 Å². The van der Waals surface area contributed by atoms with Gasteiger partial charge in [-0.05, 0) is 30.5 Å². The second-order valence-corrected chi connectivity index (χ2v) is 7.61. The van der Waals surface area contributed by atoms with Crippen LogP contribution in [0.5, 0.6) is 0 Å². The normalized spacial score (nSPS) is 14.8. The summed E-state index contributed by atoms with van der Waals surface area (Å²) in [5.41, 5.74) is 2.94. The number of hydrogen-bond acceptors (Lipinski definition) is 0. The van der Waals surface area contributed by atoms with Crippen molar-refractivity contribution in [2.75, 3.05) is 19.5 Å². The molecular formula is C16H23Cl3HfP-. The van der Waals surface area contributed by atoms with Crippen molar-refractivity contribution in [1.29, 1.82) is 0 Å². The van der Waals surface area contributed by atoms with Crippen molar-refractivity contribution < 1.29 is 25.8 Å². The van der Waals surface area contributed by atoms with Crippen molar-refractivity contribution >= 4 is 45.1 Å². The van der Waals surface area contributed by atoms with Gasteiger partial charge in [0.2, 0.25) is 0 Å². The van der Waals surface area contributed by atoms with Crippen LogP contribution in [0.15, 0.2) is 48.1 Å². The van der Waals surface area contributed by atoms with Crippen LogP contribution in [-0.2, 0) is 31.3 Å². The quantitative estimate of drug-likeness (QED) is 0.268. The molecule has 5 heteroatoms. The van der Waals surface area contributed by atoms with E-state index in [1.54, 1.807) is 0 Å². The maximum Gasteiger partial charge on any atom is 0 e. The molecule has 1 aliphatic rings. The topological polar surface area (TPSA) is 0 Å². The molecule has 0 aromatic heterocycles. The maximum absolute atomic E-state index is 3.52. The summed E-state index contributed by atoms with van der Waals surface area (Å²) in [5.74, 6) is 0. The molecule has 0 heterocycles. The molecule has 2 rings (SSSR count). The average Bonchev–Trinajstić information content (AvgIpc) is 2.83. The molecule has 118 valence electrons. The van der Waals surface area contributed by atoms with E-state index < -0.39 is 0 Å². The molecule has 0 spiro atoms. The van der Waals surface area contributed by atoms with Gasteiger partial charge in [-0.3, -0.25) is 6.08 Å². The average molecular weight is 531 g/mol. The van der Waals surface area contributed by atoms with E-state index in [1.165, 1.54) is 17.3 Å². The molecule has 1 atom stereocenters. The van der Waals surface area contributed by atoms with E-state index >= 15 is 0 Å². The second-order valence-electron chi connectivity index (χ2n) is 5.13. The Morgan fingerprint density at radius 3 is 2.10 bits per heavy atom. The fourth-order valence-corrected chi connectivity index (χ4v) is 4.17. The third kappa shape index (κ3) is 6.88. The molecule has 1 aromatic rings. The van der Waals surface area contributed by atoms with Crippen LogP contribution in [0.1, 0.15) is 18.9 Å². The Kier molecular flexibility index (Phi) is 15.7. The van der Waals surface area contributed by atoms with Gasteiger partial charge in [-0.15, -0.1) is 51.6 Å². The first-order chi connectivity index (χ1) is 8.13. The summed E-state index contributed by atoms with van der Waals surface area (Å²) in [6.07, 6.45) is 10.2. The van der Waals surface area contributed by atoms with Gasteiger partial charge < -0.3 is 0 Å². The van der Waals surface area contributed by atoms with Crippen molar-refractivity contribution in [3.63, 3.8) is 0 Å². The van der Waals surface area contributed by atoms with E-state index in [2.05, 4.69) is 68.8 Å². The molecule has 1 unspecified atom stereocenters. The van der Waals surface area contributed by atoms with E-state index in [-0.39, 0.29) is 76.4 Å².